The predicted octanol–water partition coefficient (Wildman–Crippen LogP) is 0.818. The highest BCUT2D eigenvalue weighted by Gasteiger charge is 2.53. The Morgan fingerprint density at radius 3 is 2.63 bits per heavy atom. The second kappa shape index (κ2) is 7.56. The number of hydrogen-bond donors (Lipinski definition) is 0. The molecule has 0 unspecified atom stereocenters. The molecule has 8 heteroatoms. The van der Waals surface area contributed by atoms with Crippen molar-refractivity contribution < 1.29 is 14.4 Å². The van der Waals surface area contributed by atoms with E-state index in [-0.39, 0.29) is 42.1 Å². The van der Waals surface area contributed by atoms with E-state index in [0.717, 1.165) is 25.1 Å². The van der Waals surface area contributed by atoms with Crippen LogP contribution in [-0.2, 0) is 20.9 Å². The number of rotatable bonds is 3. The number of carbonyl (C=O) groups is 3. The Hall–Kier alpha value is -2.64. The van der Waals surface area contributed by atoms with Crippen LogP contribution in [-0.4, -0.2) is 80.2 Å². The van der Waals surface area contributed by atoms with Crippen LogP contribution in [0.4, 0.5) is 0 Å². The molecular formula is C22H29N5O3. The molecule has 3 saturated heterocycles. The lowest BCUT2D eigenvalue weighted by Crippen LogP contribution is -2.69. The van der Waals surface area contributed by atoms with Gasteiger partial charge in [-0.25, -0.2) is 4.98 Å². The zero-order chi connectivity index (χ0) is 20.8. The van der Waals surface area contributed by atoms with Crippen LogP contribution in [0.5, 0.6) is 0 Å². The van der Waals surface area contributed by atoms with Crippen molar-refractivity contribution in [3.8, 4) is 0 Å². The summed E-state index contributed by atoms with van der Waals surface area (Å²) >= 11 is 0. The molecule has 0 aliphatic carbocycles. The topological polar surface area (TPSA) is 78.8 Å². The molecule has 0 aromatic carbocycles. The molecule has 160 valence electrons. The van der Waals surface area contributed by atoms with Crippen molar-refractivity contribution in [2.45, 2.75) is 51.2 Å². The minimum Gasteiger partial charge on any atom is -0.340 e. The summed E-state index contributed by atoms with van der Waals surface area (Å²) in [6.45, 7) is 4.60. The summed E-state index contributed by atoms with van der Waals surface area (Å²) in [5, 5.41) is 0. The molecular weight excluding hydrogens is 382 g/mol. The average Bonchev–Trinajstić information content (AvgIpc) is 3.41. The molecule has 4 aliphatic heterocycles. The van der Waals surface area contributed by atoms with E-state index in [1.165, 1.54) is 0 Å². The van der Waals surface area contributed by atoms with Gasteiger partial charge in [-0.15, -0.1) is 0 Å². The summed E-state index contributed by atoms with van der Waals surface area (Å²) in [6, 6.07) is -0.373. The molecule has 0 radical (unpaired) electrons. The fraction of sp³-hybridized carbons (Fsp3) is 0.636. The average molecular weight is 412 g/mol. The van der Waals surface area contributed by atoms with Gasteiger partial charge in [0.2, 0.25) is 17.7 Å². The van der Waals surface area contributed by atoms with Crippen molar-refractivity contribution in [3.63, 3.8) is 0 Å². The third kappa shape index (κ3) is 3.22. The van der Waals surface area contributed by atoms with Crippen LogP contribution in [0.25, 0.3) is 0 Å². The van der Waals surface area contributed by atoms with Crippen molar-refractivity contribution in [3.05, 3.63) is 30.4 Å². The Labute approximate surface area is 176 Å². The van der Waals surface area contributed by atoms with Crippen molar-refractivity contribution >= 4 is 17.7 Å². The molecule has 30 heavy (non-hydrogen) atoms. The van der Waals surface area contributed by atoms with Crippen molar-refractivity contribution in [1.82, 2.24) is 24.3 Å². The number of imidazole rings is 1. The van der Waals surface area contributed by atoms with Gasteiger partial charge in [-0.3, -0.25) is 14.4 Å². The predicted molar refractivity (Wildman–Crippen MR) is 109 cm³/mol. The monoisotopic (exact) mass is 411 g/mol. The van der Waals surface area contributed by atoms with E-state index in [1.54, 1.807) is 6.20 Å². The zero-order valence-electron chi connectivity index (χ0n) is 17.4. The molecule has 1 aromatic heterocycles. The number of fused-ring (bicyclic) bond motifs is 4. The Balaban J connectivity index is 1.40. The third-order valence-corrected chi connectivity index (χ3v) is 7.31. The van der Waals surface area contributed by atoms with Crippen LogP contribution in [0.1, 0.15) is 31.5 Å². The van der Waals surface area contributed by atoms with E-state index in [0.29, 0.717) is 32.6 Å². The van der Waals surface area contributed by atoms with Crippen molar-refractivity contribution in [2.24, 2.45) is 11.8 Å². The van der Waals surface area contributed by atoms with E-state index in [2.05, 4.69) is 4.98 Å². The smallest absolute Gasteiger partial charge is 0.246 e. The minimum absolute atomic E-state index is 0.00276. The summed E-state index contributed by atoms with van der Waals surface area (Å²) < 4.78 is 1.86. The highest BCUT2D eigenvalue weighted by atomic mass is 16.2. The van der Waals surface area contributed by atoms with Gasteiger partial charge in [0.1, 0.15) is 18.4 Å². The van der Waals surface area contributed by atoms with Gasteiger partial charge in [0.25, 0.3) is 0 Å². The van der Waals surface area contributed by atoms with Gasteiger partial charge < -0.3 is 19.3 Å². The van der Waals surface area contributed by atoms with Gasteiger partial charge >= 0.3 is 0 Å². The molecule has 0 spiro atoms. The Bertz CT molecular complexity index is 885. The van der Waals surface area contributed by atoms with Crippen molar-refractivity contribution in [2.75, 3.05) is 26.2 Å². The number of aromatic nitrogens is 2. The molecule has 3 fully saturated rings. The van der Waals surface area contributed by atoms with Gasteiger partial charge in [-0.2, -0.15) is 0 Å². The van der Waals surface area contributed by atoms with Crippen LogP contribution in [0.3, 0.4) is 0 Å². The normalized spacial score (nSPS) is 30.6. The first-order valence-corrected chi connectivity index (χ1v) is 11.0. The zero-order valence-corrected chi connectivity index (χ0v) is 17.4. The lowest BCUT2D eigenvalue weighted by atomic mass is 9.71. The maximum Gasteiger partial charge on any atom is 0.246 e. The molecule has 5 heterocycles. The lowest BCUT2D eigenvalue weighted by molar-refractivity contribution is -0.166. The fourth-order valence-corrected chi connectivity index (χ4v) is 5.84. The molecule has 1 aromatic rings. The van der Waals surface area contributed by atoms with Gasteiger partial charge in [0, 0.05) is 57.0 Å². The van der Waals surface area contributed by atoms with E-state index in [9.17, 15) is 14.4 Å². The summed E-state index contributed by atoms with van der Waals surface area (Å²) in [4.78, 5) is 49.3. The maximum absolute atomic E-state index is 13.5. The second-order valence-corrected chi connectivity index (χ2v) is 9.08. The Morgan fingerprint density at radius 2 is 1.90 bits per heavy atom. The highest BCUT2D eigenvalue weighted by molar-refractivity contribution is 5.89. The SMILES string of the molecule is Cc1nccn1CC(=O)N1C[C@H]2C[C@@H](C1)[C@H](C(=O)N1CC=CC1)N1C(=O)CCC[C@@H]21. The summed E-state index contributed by atoms with van der Waals surface area (Å²) in [5.41, 5.74) is 0. The molecule has 5 rings (SSSR count). The second-order valence-electron chi connectivity index (χ2n) is 9.08. The van der Waals surface area contributed by atoms with Crippen LogP contribution < -0.4 is 0 Å². The first-order valence-electron chi connectivity index (χ1n) is 11.0. The van der Waals surface area contributed by atoms with Crippen LogP contribution >= 0.6 is 0 Å². The van der Waals surface area contributed by atoms with E-state index >= 15 is 0 Å². The van der Waals surface area contributed by atoms with Gasteiger partial charge in [-0.1, -0.05) is 12.2 Å². The van der Waals surface area contributed by atoms with Gasteiger partial charge in [0.15, 0.2) is 0 Å². The molecule has 0 N–H and O–H groups in total. The summed E-state index contributed by atoms with van der Waals surface area (Å²) in [6.07, 6.45) is 10.8. The Morgan fingerprint density at radius 1 is 1.13 bits per heavy atom. The quantitative estimate of drug-likeness (QED) is 0.690. The first-order chi connectivity index (χ1) is 14.5. The van der Waals surface area contributed by atoms with E-state index in [4.69, 9.17) is 0 Å². The lowest BCUT2D eigenvalue weighted by Gasteiger charge is -2.56. The van der Waals surface area contributed by atoms with Crippen LogP contribution in [0.2, 0.25) is 0 Å². The maximum atomic E-state index is 13.5. The number of piperidine rings is 3. The number of nitrogens with zero attached hydrogens (tertiary/aromatic N) is 5. The van der Waals surface area contributed by atoms with Crippen LogP contribution in [0, 0.1) is 18.8 Å². The molecule has 0 saturated carbocycles. The van der Waals surface area contributed by atoms with Gasteiger partial charge in [0.05, 0.1) is 0 Å². The molecule has 3 amide bonds. The fourth-order valence-electron chi connectivity index (χ4n) is 5.84. The highest BCUT2D eigenvalue weighted by Crippen LogP contribution is 2.42. The Kier molecular flexibility index (Phi) is 4.87. The van der Waals surface area contributed by atoms with E-state index < -0.39 is 6.04 Å². The molecule has 4 aliphatic rings. The third-order valence-electron chi connectivity index (χ3n) is 7.31. The first kappa shape index (κ1) is 19.3. The summed E-state index contributed by atoms with van der Waals surface area (Å²) in [7, 11) is 0. The van der Waals surface area contributed by atoms with Crippen LogP contribution in [0.15, 0.2) is 24.5 Å². The number of amides is 3. The number of likely N-dealkylation sites (tertiary alicyclic amines) is 1. The standard InChI is InChI=1S/C22H29N5O3/c1-15-23-7-10-25(15)14-20(29)26-12-16-11-17(13-26)21(22(30)24-8-2-3-9-24)27-18(16)5-4-6-19(27)28/h2-3,7,10,16-18,21H,4-6,8-9,11-14H2,1H3/t16-,17+,18+,21-/m1/s1. The number of hydrogen-bond acceptors (Lipinski definition) is 4. The molecule has 4 atom stereocenters. The van der Waals surface area contributed by atoms with Gasteiger partial charge in [-0.05, 0) is 32.1 Å². The molecule has 2 bridgehead atoms. The van der Waals surface area contributed by atoms with E-state index in [1.807, 2.05) is 44.5 Å². The summed E-state index contributed by atoms with van der Waals surface area (Å²) in [5.74, 6) is 1.29. The number of aryl methyl sites for hydroxylation is 1. The number of carbonyl (C=O) groups excluding carboxylic acids is 3. The van der Waals surface area contributed by atoms with Crippen molar-refractivity contribution in [1.29, 1.82) is 0 Å². The minimum atomic E-state index is -0.440. The molecule has 8 nitrogen and oxygen atoms in total. The largest absolute Gasteiger partial charge is 0.340 e.